The van der Waals surface area contributed by atoms with Crippen LogP contribution < -0.4 is 0 Å². The number of benzene rings is 2. The lowest BCUT2D eigenvalue weighted by Gasteiger charge is -2.12. The fourth-order valence-corrected chi connectivity index (χ4v) is 6.44. The van der Waals surface area contributed by atoms with Crippen LogP contribution in [-0.2, 0) is 10.9 Å². The Kier molecular flexibility index (Phi) is 11.5. The lowest BCUT2D eigenvalue weighted by Crippen LogP contribution is -2.13. The molecule has 0 aliphatic rings. The predicted molar refractivity (Wildman–Crippen MR) is 128 cm³/mol. The number of hydrogen-bond donors (Lipinski definition) is 1. The summed E-state index contributed by atoms with van der Waals surface area (Å²) in [6.07, 6.45) is 16.4. The van der Waals surface area contributed by atoms with Gasteiger partial charge in [0.05, 0.1) is 0 Å². The number of hydrogen-bond acceptors (Lipinski definition) is 1. The summed E-state index contributed by atoms with van der Waals surface area (Å²) in [5.41, 5.74) is 0. The first-order valence-electron chi connectivity index (χ1n) is 11.7. The van der Waals surface area contributed by atoms with Crippen LogP contribution >= 0.6 is 0 Å². The maximum Gasteiger partial charge on any atom is 0.162 e. The van der Waals surface area contributed by atoms with Gasteiger partial charge in [-0.15, -0.1) is 0 Å². The molecule has 0 atom stereocenters. The van der Waals surface area contributed by atoms with Gasteiger partial charge in [-0.2, -0.15) is 0 Å². The maximum absolute atomic E-state index is 10.3. The van der Waals surface area contributed by atoms with Gasteiger partial charge in [-0.1, -0.05) is 83.4 Å². The van der Waals surface area contributed by atoms with Crippen molar-refractivity contribution in [2.24, 2.45) is 0 Å². The summed E-state index contributed by atoms with van der Waals surface area (Å²) in [5, 5.41) is 12.6. The van der Waals surface area contributed by atoms with Gasteiger partial charge in [0, 0.05) is 21.7 Å². The van der Waals surface area contributed by atoms with E-state index < -0.39 is 0 Å². The van der Waals surface area contributed by atoms with E-state index in [1.165, 1.54) is 98.8 Å². The molecule has 0 saturated carbocycles. The summed E-state index contributed by atoms with van der Waals surface area (Å²) in [6, 6.07) is 12.5. The third-order valence-corrected chi connectivity index (χ3v) is 8.20. The molecule has 156 valence electrons. The van der Waals surface area contributed by atoms with E-state index in [1.54, 1.807) is 0 Å². The summed E-state index contributed by atoms with van der Waals surface area (Å²) in [5.74, 6) is 3.05. The van der Waals surface area contributed by atoms with Crippen molar-refractivity contribution in [2.75, 3.05) is 11.5 Å². The molecule has 0 aromatic heterocycles. The minimum atomic E-state index is 0.304. The molecule has 0 heterocycles. The SMILES string of the molecule is CCCCCCCC[S+](CCCCCCCC)c1ccc(O)c2ccccc12. The second-order valence-electron chi connectivity index (χ2n) is 8.06. The average molecular weight is 402 g/mol. The molecule has 2 rings (SSSR count). The van der Waals surface area contributed by atoms with Gasteiger partial charge in [0.1, 0.15) is 17.3 Å². The van der Waals surface area contributed by atoms with Crippen molar-refractivity contribution in [1.29, 1.82) is 0 Å². The first kappa shape index (κ1) is 23.1. The first-order valence-corrected chi connectivity index (χ1v) is 13.2. The van der Waals surface area contributed by atoms with Gasteiger partial charge in [-0.05, 0) is 43.9 Å². The van der Waals surface area contributed by atoms with E-state index in [2.05, 4.69) is 38.1 Å². The Balaban J connectivity index is 2.00. The quantitative estimate of drug-likeness (QED) is 0.235. The number of unbranched alkanes of at least 4 members (excludes halogenated alkanes) is 10. The number of rotatable bonds is 15. The van der Waals surface area contributed by atoms with E-state index in [1.807, 2.05) is 12.1 Å². The molecule has 0 amide bonds. The Morgan fingerprint density at radius 2 is 1.11 bits per heavy atom. The average Bonchev–Trinajstić information content (AvgIpc) is 2.72. The van der Waals surface area contributed by atoms with Gasteiger partial charge in [-0.25, -0.2) is 0 Å². The van der Waals surface area contributed by atoms with E-state index >= 15 is 0 Å². The minimum absolute atomic E-state index is 0.304. The smallest absolute Gasteiger partial charge is 0.162 e. The van der Waals surface area contributed by atoms with E-state index in [-0.39, 0.29) is 0 Å². The highest BCUT2D eigenvalue weighted by atomic mass is 32.2. The molecule has 0 radical (unpaired) electrons. The summed E-state index contributed by atoms with van der Waals surface area (Å²) >= 11 is 0. The van der Waals surface area contributed by atoms with Crippen molar-refractivity contribution in [3.05, 3.63) is 36.4 Å². The third kappa shape index (κ3) is 7.70. The summed E-state index contributed by atoms with van der Waals surface area (Å²) in [6.45, 7) is 4.57. The lowest BCUT2D eigenvalue weighted by atomic mass is 10.1. The molecule has 0 spiro atoms. The zero-order valence-corrected chi connectivity index (χ0v) is 19.0. The molecule has 1 N–H and O–H groups in total. The van der Waals surface area contributed by atoms with Gasteiger partial charge >= 0.3 is 0 Å². The molecule has 2 aromatic rings. The number of phenols is 1. The van der Waals surface area contributed by atoms with Gasteiger partial charge < -0.3 is 5.11 Å². The van der Waals surface area contributed by atoms with E-state index in [9.17, 15) is 5.11 Å². The van der Waals surface area contributed by atoms with Crippen LogP contribution in [0.3, 0.4) is 0 Å². The standard InChI is InChI=1S/C26H40OS/c1-3-5-7-9-11-15-21-28(22-16-12-10-8-6-4-2)26-20-19-25(27)23-17-13-14-18-24(23)26/h13-14,17-20H,3-12,15-16,21-22H2,1-2H3/p+1. The number of aromatic hydroxyl groups is 1. The van der Waals surface area contributed by atoms with Crippen LogP contribution in [0.4, 0.5) is 0 Å². The minimum Gasteiger partial charge on any atom is -0.507 e. The molecule has 1 nitrogen and oxygen atoms in total. The Labute approximate surface area is 176 Å². The monoisotopic (exact) mass is 401 g/mol. The highest BCUT2D eigenvalue weighted by Crippen LogP contribution is 2.32. The van der Waals surface area contributed by atoms with Crippen molar-refractivity contribution >= 4 is 21.7 Å². The van der Waals surface area contributed by atoms with Crippen molar-refractivity contribution in [3.8, 4) is 5.75 Å². The fraction of sp³-hybridized carbons (Fsp3) is 0.615. The fourth-order valence-electron chi connectivity index (χ4n) is 3.94. The van der Waals surface area contributed by atoms with E-state index in [0.717, 1.165) is 5.39 Å². The summed E-state index contributed by atoms with van der Waals surface area (Å²) < 4.78 is 0. The van der Waals surface area contributed by atoms with Crippen LogP contribution in [0.15, 0.2) is 41.3 Å². The van der Waals surface area contributed by atoms with Crippen molar-refractivity contribution in [1.82, 2.24) is 0 Å². The van der Waals surface area contributed by atoms with Gasteiger partial charge in [0.15, 0.2) is 4.90 Å². The molecule has 2 heteroatoms. The van der Waals surface area contributed by atoms with Crippen molar-refractivity contribution < 1.29 is 5.11 Å². The van der Waals surface area contributed by atoms with Crippen LogP contribution in [0.25, 0.3) is 10.8 Å². The molecular formula is C26H41OS+. The van der Waals surface area contributed by atoms with Crippen LogP contribution in [-0.4, -0.2) is 16.6 Å². The zero-order valence-electron chi connectivity index (χ0n) is 18.2. The Morgan fingerprint density at radius 1 is 0.607 bits per heavy atom. The van der Waals surface area contributed by atoms with Gasteiger partial charge in [0.25, 0.3) is 0 Å². The summed E-state index contributed by atoms with van der Waals surface area (Å²) in [7, 11) is 0.304. The molecule has 0 unspecified atom stereocenters. The second kappa shape index (κ2) is 13.9. The largest absolute Gasteiger partial charge is 0.507 e. The first-order chi connectivity index (χ1) is 13.8. The molecule has 0 bridgehead atoms. The Hall–Kier alpha value is -1.15. The van der Waals surface area contributed by atoms with Crippen LogP contribution in [0.5, 0.6) is 5.75 Å². The van der Waals surface area contributed by atoms with Crippen molar-refractivity contribution in [2.45, 2.75) is 95.8 Å². The Morgan fingerprint density at radius 3 is 1.68 bits per heavy atom. The lowest BCUT2D eigenvalue weighted by molar-refractivity contribution is 0.481. The van der Waals surface area contributed by atoms with Crippen LogP contribution in [0.2, 0.25) is 0 Å². The molecule has 0 fully saturated rings. The molecule has 0 aliphatic carbocycles. The second-order valence-corrected chi connectivity index (χ2v) is 10.3. The molecule has 28 heavy (non-hydrogen) atoms. The molecular weight excluding hydrogens is 360 g/mol. The van der Waals surface area contributed by atoms with Gasteiger partial charge in [-0.3, -0.25) is 0 Å². The summed E-state index contributed by atoms with van der Waals surface area (Å²) in [4.78, 5) is 1.48. The van der Waals surface area contributed by atoms with Crippen LogP contribution in [0, 0.1) is 0 Å². The zero-order chi connectivity index (χ0) is 20.0. The molecule has 0 saturated heterocycles. The topological polar surface area (TPSA) is 20.2 Å². The highest BCUT2D eigenvalue weighted by molar-refractivity contribution is 7.97. The van der Waals surface area contributed by atoms with Crippen LogP contribution in [0.1, 0.15) is 90.9 Å². The molecule has 2 aromatic carbocycles. The van der Waals surface area contributed by atoms with E-state index in [4.69, 9.17) is 0 Å². The van der Waals surface area contributed by atoms with Crippen molar-refractivity contribution in [3.63, 3.8) is 0 Å². The Bertz CT molecular complexity index is 651. The molecule has 0 aliphatic heterocycles. The highest BCUT2D eigenvalue weighted by Gasteiger charge is 2.24. The maximum atomic E-state index is 10.3. The normalized spacial score (nSPS) is 11.5. The van der Waals surface area contributed by atoms with E-state index in [0.29, 0.717) is 16.6 Å². The number of phenolic OH excluding ortho intramolecular Hbond substituents is 1. The third-order valence-electron chi connectivity index (χ3n) is 5.66. The predicted octanol–water partition coefficient (Wildman–Crippen LogP) is 8.24. The number of fused-ring (bicyclic) bond motifs is 1. The van der Waals surface area contributed by atoms with Gasteiger partial charge in [0.2, 0.25) is 0 Å².